The number of anilines is 2. The highest BCUT2D eigenvalue weighted by atomic mass is 35.5. The highest BCUT2D eigenvalue weighted by Crippen LogP contribution is 2.32. The Morgan fingerprint density at radius 2 is 1.70 bits per heavy atom. The van der Waals surface area contributed by atoms with E-state index >= 15 is 0 Å². The normalized spacial score (nSPS) is 17.9. The molecule has 192 valence electrons. The van der Waals surface area contributed by atoms with Crippen molar-refractivity contribution >= 4 is 34.1 Å². The molecule has 2 saturated heterocycles. The fraction of sp³-hybridized carbons (Fsp3) is 0.407. The third-order valence-corrected chi connectivity index (χ3v) is 7.72. The molecule has 6 rings (SSSR count). The van der Waals surface area contributed by atoms with Crippen LogP contribution in [0.1, 0.15) is 18.4 Å². The van der Waals surface area contributed by atoms with Gasteiger partial charge in [-0.1, -0.05) is 11.6 Å². The molecule has 0 saturated carbocycles. The number of piperazine rings is 1. The number of likely N-dealkylation sites (tertiary alicyclic amines) is 1. The summed E-state index contributed by atoms with van der Waals surface area (Å²) in [6.45, 7) is 7.07. The molecule has 0 unspecified atom stereocenters. The van der Waals surface area contributed by atoms with Crippen LogP contribution in [0.3, 0.4) is 0 Å². The Kier molecular flexibility index (Phi) is 6.91. The maximum atomic E-state index is 6.56. The number of imidazole rings is 1. The second-order valence-electron chi connectivity index (χ2n) is 10.0. The molecule has 10 heteroatoms. The minimum Gasteiger partial charge on any atom is -0.379 e. The molecule has 1 aromatic carbocycles. The molecular formula is C27H32ClN9. The Labute approximate surface area is 221 Å². The first-order chi connectivity index (χ1) is 18.1. The van der Waals surface area contributed by atoms with Crippen LogP contribution in [-0.2, 0) is 6.54 Å². The fourth-order valence-corrected chi connectivity index (χ4v) is 5.42. The number of rotatable bonds is 6. The number of hydrogen-bond acceptors (Lipinski definition) is 8. The molecule has 0 bridgehead atoms. The highest BCUT2D eigenvalue weighted by Gasteiger charge is 2.21. The molecule has 3 aromatic heterocycles. The van der Waals surface area contributed by atoms with Crippen LogP contribution in [0.25, 0.3) is 22.6 Å². The lowest BCUT2D eigenvalue weighted by Crippen LogP contribution is -2.45. The van der Waals surface area contributed by atoms with Crippen LogP contribution in [0.4, 0.5) is 11.4 Å². The summed E-state index contributed by atoms with van der Waals surface area (Å²) in [7, 11) is 2.17. The molecule has 37 heavy (non-hydrogen) atoms. The third kappa shape index (κ3) is 5.39. The van der Waals surface area contributed by atoms with Gasteiger partial charge >= 0.3 is 0 Å². The van der Waals surface area contributed by atoms with Crippen LogP contribution in [0, 0.1) is 0 Å². The first-order valence-electron chi connectivity index (χ1n) is 12.9. The van der Waals surface area contributed by atoms with Crippen molar-refractivity contribution in [2.24, 2.45) is 0 Å². The van der Waals surface area contributed by atoms with E-state index in [2.05, 4.69) is 71.3 Å². The van der Waals surface area contributed by atoms with Crippen LogP contribution < -0.4 is 10.2 Å². The monoisotopic (exact) mass is 517 g/mol. The van der Waals surface area contributed by atoms with Gasteiger partial charge in [-0.05, 0) is 57.2 Å². The van der Waals surface area contributed by atoms with Crippen molar-refractivity contribution in [3.05, 3.63) is 59.8 Å². The van der Waals surface area contributed by atoms with Gasteiger partial charge in [-0.25, -0.2) is 19.9 Å². The van der Waals surface area contributed by atoms with Crippen molar-refractivity contribution in [1.29, 1.82) is 0 Å². The molecule has 0 spiro atoms. The molecule has 0 aliphatic carbocycles. The first kappa shape index (κ1) is 24.1. The van der Waals surface area contributed by atoms with Crippen molar-refractivity contribution in [3.8, 4) is 11.4 Å². The predicted octanol–water partition coefficient (Wildman–Crippen LogP) is 3.90. The lowest BCUT2D eigenvalue weighted by Gasteiger charge is -2.36. The van der Waals surface area contributed by atoms with E-state index in [1.54, 1.807) is 12.5 Å². The Morgan fingerprint density at radius 3 is 2.43 bits per heavy atom. The number of aromatic amines is 1. The second-order valence-corrected chi connectivity index (χ2v) is 10.4. The van der Waals surface area contributed by atoms with E-state index in [0.717, 1.165) is 92.5 Å². The van der Waals surface area contributed by atoms with Crippen LogP contribution in [-0.4, -0.2) is 87.1 Å². The number of benzene rings is 1. The summed E-state index contributed by atoms with van der Waals surface area (Å²) >= 11 is 6.56. The number of nitrogens with zero attached hydrogens (tertiary/aromatic N) is 7. The Bertz CT molecular complexity index is 1330. The zero-order valence-electron chi connectivity index (χ0n) is 21.1. The average Bonchev–Trinajstić information content (AvgIpc) is 3.37. The Morgan fingerprint density at radius 1 is 0.973 bits per heavy atom. The van der Waals surface area contributed by atoms with Gasteiger partial charge < -0.3 is 20.1 Å². The van der Waals surface area contributed by atoms with E-state index < -0.39 is 0 Å². The minimum absolute atomic E-state index is 0.389. The summed E-state index contributed by atoms with van der Waals surface area (Å²) in [6.07, 6.45) is 9.25. The number of nitrogens with one attached hydrogen (secondary N) is 2. The van der Waals surface area contributed by atoms with E-state index in [0.29, 0.717) is 11.1 Å². The van der Waals surface area contributed by atoms with Crippen molar-refractivity contribution in [1.82, 2.24) is 34.7 Å². The second kappa shape index (κ2) is 10.6. The topological polar surface area (TPSA) is 89.1 Å². The van der Waals surface area contributed by atoms with E-state index in [-0.39, 0.29) is 0 Å². The number of H-pyrrole nitrogens is 1. The molecule has 0 atom stereocenters. The van der Waals surface area contributed by atoms with Gasteiger partial charge in [-0.3, -0.25) is 4.90 Å². The summed E-state index contributed by atoms with van der Waals surface area (Å²) in [6, 6.07) is 9.02. The predicted molar refractivity (Wildman–Crippen MR) is 148 cm³/mol. The van der Waals surface area contributed by atoms with Gasteiger partial charge in [0, 0.05) is 68.0 Å². The van der Waals surface area contributed by atoms with Gasteiger partial charge in [0.1, 0.15) is 17.7 Å². The largest absolute Gasteiger partial charge is 0.379 e. The van der Waals surface area contributed by atoms with Gasteiger partial charge in [0.05, 0.1) is 16.9 Å². The van der Waals surface area contributed by atoms with Crippen LogP contribution in [0.15, 0.2) is 49.2 Å². The first-order valence-corrected chi connectivity index (χ1v) is 13.3. The van der Waals surface area contributed by atoms with E-state index in [1.165, 1.54) is 5.69 Å². The van der Waals surface area contributed by atoms with Crippen molar-refractivity contribution < 1.29 is 0 Å². The van der Waals surface area contributed by atoms with E-state index in [9.17, 15) is 0 Å². The third-order valence-electron chi connectivity index (χ3n) is 7.43. The zero-order valence-corrected chi connectivity index (χ0v) is 21.8. The number of fused-ring (bicyclic) bond motifs is 1. The molecule has 4 aromatic rings. The lowest BCUT2D eigenvalue weighted by molar-refractivity contribution is 0.249. The van der Waals surface area contributed by atoms with Gasteiger partial charge in [0.2, 0.25) is 0 Å². The molecule has 2 aliphatic heterocycles. The lowest BCUT2D eigenvalue weighted by atomic mass is 10.1. The summed E-state index contributed by atoms with van der Waals surface area (Å²) in [5, 5.41) is 4.26. The number of halogens is 1. The maximum absolute atomic E-state index is 6.56. The van der Waals surface area contributed by atoms with Crippen molar-refractivity contribution in [2.75, 3.05) is 56.5 Å². The van der Waals surface area contributed by atoms with Crippen LogP contribution in [0.5, 0.6) is 0 Å². The molecule has 2 fully saturated rings. The fourth-order valence-electron chi connectivity index (χ4n) is 5.23. The zero-order chi connectivity index (χ0) is 25.2. The standard InChI is InChI=1S/C27H32ClN9/c1-35-8-6-21(7-9-35)32-24-23(28)16-31-27-25(24)33-26(34-27)20-2-4-22(5-3-20)37-12-10-36(11-13-37)17-19-14-29-18-30-15-19/h2-5,14-16,18,21H,6-13,17H2,1H3,(H2,31,32,33,34). The Hall–Kier alpha value is -3.27. The van der Waals surface area contributed by atoms with Gasteiger partial charge in [0.25, 0.3) is 0 Å². The van der Waals surface area contributed by atoms with Crippen LogP contribution in [0.2, 0.25) is 5.02 Å². The Balaban J connectivity index is 1.13. The van der Waals surface area contributed by atoms with Crippen molar-refractivity contribution in [3.63, 3.8) is 0 Å². The molecule has 5 heterocycles. The number of hydrogen-bond donors (Lipinski definition) is 2. The molecule has 0 amide bonds. The van der Waals surface area contributed by atoms with Crippen molar-refractivity contribution in [2.45, 2.75) is 25.4 Å². The van der Waals surface area contributed by atoms with Crippen LogP contribution >= 0.6 is 11.6 Å². The van der Waals surface area contributed by atoms with Gasteiger partial charge in [-0.2, -0.15) is 0 Å². The number of piperidine rings is 1. The molecule has 9 nitrogen and oxygen atoms in total. The average molecular weight is 518 g/mol. The summed E-state index contributed by atoms with van der Waals surface area (Å²) in [5.74, 6) is 0.803. The summed E-state index contributed by atoms with van der Waals surface area (Å²) in [5.41, 5.74) is 5.84. The smallest absolute Gasteiger partial charge is 0.159 e. The van der Waals surface area contributed by atoms with E-state index in [4.69, 9.17) is 16.6 Å². The number of pyridine rings is 1. The SMILES string of the molecule is CN1CCC(Nc2c(Cl)cnc3[nH]c(-c4ccc(N5CCN(Cc6cncnc6)CC5)cc4)nc23)CC1. The number of aromatic nitrogens is 5. The summed E-state index contributed by atoms with van der Waals surface area (Å²) < 4.78 is 0. The molecular weight excluding hydrogens is 486 g/mol. The van der Waals surface area contributed by atoms with E-state index in [1.807, 2.05) is 12.4 Å². The maximum Gasteiger partial charge on any atom is 0.159 e. The quantitative estimate of drug-likeness (QED) is 0.398. The molecule has 2 aliphatic rings. The molecule has 2 N–H and O–H groups in total. The van der Waals surface area contributed by atoms with Gasteiger partial charge in [0.15, 0.2) is 5.65 Å². The van der Waals surface area contributed by atoms with Gasteiger partial charge in [-0.15, -0.1) is 0 Å². The minimum atomic E-state index is 0.389. The summed E-state index contributed by atoms with van der Waals surface area (Å²) in [4.78, 5) is 28.3. The highest BCUT2D eigenvalue weighted by molar-refractivity contribution is 6.34. The molecule has 0 radical (unpaired) electrons.